The molecule has 17 heavy (non-hydrogen) atoms. The van der Waals surface area contributed by atoms with Crippen LogP contribution in [0.1, 0.15) is 6.92 Å². The zero-order valence-corrected chi connectivity index (χ0v) is 10.7. The molecule has 9 heteroatoms. The fourth-order valence-corrected chi connectivity index (χ4v) is 3.03. The number of rotatable bonds is 2. The second kappa shape index (κ2) is 3.35. The summed E-state index contributed by atoms with van der Waals surface area (Å²) >= 11 is 2.42. The summed E-state index contributed by atoms with van der Waals surface area (Å²) in [6.07, 6.45) is 0. The number of benzene rings is 1. The third-order valence-corrected chi connectivity index (χ3v) is 3.79. The summed E-state index contributed by atoms with van der Waals surface area (Å²) in [5.74, 6) is -0.652. The SMILES string of the molecule is CC(=O)Nc1ccc(Br)c(S(F)(F)(F)(F)F)c1. The lowest BCUT2D eigenvalue weighted by Crippen LogP contribution is -2.10. The Balaban J connectivity index is 3.41. The number of halogens is 6. The molecule has 0 spiro atoms. The van der Waals surface area contributed by atoms with E-state index in [1.54, 1.807) is 0 Å². The molecule has 1 aromatic carbocycles. The molecule has 1 rings (SSSR count). The number of carbonyl (C=O) groups is 1. The van der Waals surface area contributed by atoms with E-state index in [0.29, 0.717) is 0 Å². The number of hydrogen-bond donors (Lipinski definition) is 1. The van der Waals surface area contributed by atoms with Gasteiger partial charge in [0.05, 0.1) is 0 Å². The molecule has 0 aliphatic heterocycles. The van der Waals surface area contributed by atoms with Crippen molar-refractivity contribution in [3.05, 3.63) is 22.7 Å². The molecular formula is C8H7BrF5NOS. The van der Waals surface area contributed by atoms with Gasteiger partial charge in [-0.1, -0.05) is 19.4 Å². The average Bonchev–Trinajstić information content (AvgIpc) is 2.03. The topological polar surface area (TPSA) is 29.1 Å². The molecule has 1 N–H and O–H groups in total. The van der Waals surface area contributed by atoms with Crippen molar-refractivity contribution in [2.75, 3.05) is 5.32 Å². The second-order valence-electron chi connectivity index (χ2n) is 3.30. The lowest BCUT2D eigenvalue weighted by molar-refractivity contribution is -0.114. The Hall–Kier alpha value is -0.830. The van der Waals surface area contributed by atoms with E-state index in [2.05, 4.69) is 15.9 Å². The molecule has 0 fully saturated rings. The highest BCUT2D eigenvalue weighted by Gasteiger charge is 2.66. The van der Waals surface area contributed by atoms with Gasteiger partial charge >= 0.3 is 10.2 Å². The van der Waals surface area contributed by atoms with Crippen LogP contribution in [0, 0.1) is 0 Å². The standard InChI is InChI=1S/C8H7BrF5NOS/c1-5(16)15-6-2-3-7(9)8(4-6)17(10,11,12,13)14/h2-4H,1H3,(H,15,16). The fraction of sp³-hybridized carbons (Fsp3) is 0.125. The van der Waals surface area contributed by atoms with Crippen molar-refractivity contribution in [3.8, 4) is 0 Å². The molecule has 0 saturated heterocycles. The maximum Gasteiger partial charge on any atom is 0.311 e. The molecule has 1 aromatic rings. The molecular weight excluding hydrogens is 333 g/mol. The van der Waals surface area contributed by atoms with Crippen LogP contribution in [-0.2, 0) is 4.79 Å². The van der Waals surface area contributed by atoms with E-state index in [1.165, 1.54) is 0 Å². The quantitative estimate of drug-likeness (QED) is 0.749. The summed E-state index contributed by atoms with van der Waals surface area (Å²) in [5.41, 5.74) is -0.344. The molecule has 0 aliphatic carbocycles. The lowest BCUT2D eigenvalue weighted by Gasteiger charge is -2.41. The van der Waals surface area contributed by atoms with Gasteiger partial charge < -0.3 is 5.32 Å². The molecule has 0 heterocycles. The van der Waals surface area contributed by atoms with Gasteiger partial charge in [-0.25, -0.2) is 0 Å². The monoisotopic (exact) mass is 339 g/mol. The maximum absolute atomic E-state index is 12.6. The molecule has 0 bridgehead atoms. The first kappa shape index (κ1) is 14.2. The summed E-state index contributed by atoms with van der Waals surface area (Å²) < 4.78 is 62.1. The van der Waals surface area contributed by atoms with E-state index in [-0.39, 0.29) is 11.8 Å². The average molecular weight is 340 g/mol. The van der Waals surface area contributed by atoms with Gasteiger partial charge in [0.2, 0.25) is 5.91 Å². The van der Waals surface area contributed by atoms with Crippen LogP contribution in [0.15, 0.2) is 27.6 Å². The van der Waals surface area contributed by atoms with Gasteiger partial charge in [-0.2, -0.15) is 0 Å². The summed E-state index contributed by atoms with van der Waals surface area (Å²) in [6.45, 7) is 1.06. The minimum atomic E-state index is -9.77. The van der Waals surface area contributed by atoms with E-state index < -0.39 is 25.5 Å². The first-order valence-electron chi connectivity index (χ1n) is 4.11. The molecule has 98 valence electrons. The molecule has 0 unspecified atom stereocenters. The van der Waals surface area contributed by atoms with Crippen LogP contribution < -0.4 is 5.32 Å². The van der Waals surface area contributed by atoms with Crippen molar-refractivity contribution < 1.29 is 24.2 Å². The summed E-state index contributed by atoms with van der Waals surface area (Å²) in [4.78, 5) is 8.58. The summed E-state index contributed by atoms with van der Waals surface area (Å²) in [5, 5.41) is 2.00. The van der Waals surface area contributed by atoms with Crippen molar-refractivity contribution in [2.45, 2.75) is 11.8 Å². The number of amides is 1. The van der Waals surface area contributed by atoms with E-state index in [1.807, 2.05) is 5.32 Å². The normalized spacial score (nSPS) is 15.9. The minimum Gasteiger partial charge on any atom is -0.326 e. The van der Waals surface area contributed by atoms with E-state index in [4.69, 9.17) is 0 Å². The van der Waals surface area contributed by atoms with Gasteiger partial charge in [0.15, 0.2) is 0 Å². The third-order valence-electron chi connectivity index (χ3n) is 1.67. The number of carbonyl (C=O) groups excluding carboxylic acids is 1. The van der Waals surface area contributed by atoms with Crippen molar-refractivity contribution in [1.29, 1.82) is 0 Å². The highest BCUT2D eigenvalue weighted by Crippen LogP contribution is 3.02. The van der Waals surface area contributed by atoms with Gasteiger partial charge in [0.25, 0.3) is 0 Å². The Kier molecular flexibility index (Phi) is 2.80. The van der Waals surface area contributed by atoms with Crippen molar-refractivity contribution in [3.63, 3.8) is 0 Å². The first-order valence-corrected chi connectivity index (χ1v) is 6.85. The van der Waals surface area contributed by atoms with Gasteiger partial charge in [-0.15, -0.1) is 0 Å². The Bertz CT molecular complexity index is 486. The van der Waals surface area contributed by atoms with Crippen molar-refractivity contribution in [1.82, 2.24) is 0 Å². The molecule has 0 radical (unpaired) electrons. The highest BCUT2D eigenvalue weighted by molar-refractivity contribution is 9.10. The molecule has 0 atom stereocenters. The fourth-order valence-electron chi connectivity index (χ4n) is 1.08. The third kappa shape index (κ3) is 3.84. The summed E-state index contributed by atoms with van der Waals surface area (Å²) in [6, 6.07) is 2.09. The van der Waals surface area contributed by atoms with Crippen LogP contribution in [0.4, 0.5) is 25.1 Å². The maximum atomic E-state index is 12.6. The zero-order chi connectivity index (χ0) is 13.5. The van der Waals surface area contributed by atoms with Crippen LogP contribution in [0.25, 0.3) is 0 Å². The zero-order valence-electron chi connectivity index (χ0n) is 8.32. The molecule has 0 aliphatic rings. The highest BCUT2D eigenvalue weighted by atomic mass is 79.9. The van der Waals surface area contributed by atoms with Gasteiger partial charge in [0, 0.05) is 17.1 Å². The van der Waals surface area contributed by atoms with E-state index >= 15 is 0 Å². The van der Waals surface area contributed by atoms with E-state index in [0.717, 1.165) is 19.1 Å². The van der Waals surface area contributed by atoms with Crippen LogP contribution in [0.2, 0.25) is 0 Å². The Labute approximate surface area is 102 Å². The first-order chi connectivity index (χ1) is 7.29. The van der Waals surface area contributed by atoms with Crippen molar-refractivity contribution >= 4 is 37.7 Å². The Morgan fingerprint density at radius 3 is 2.18 bits per heavy atom. The molecule has 2 nitrogen and oxygen atoms in total. The predicted octanol–water partition coefficient (Wildman–Crippen LogP) is 5.06. The largest absolute Gasteiger partial charge is 0.326 e. The van der Waals surface area contributed by atoms with E-state index in [9.17, 15) is 24.2 Å². The van der Waals surface area contributed by atoms with Crippen LogP contribution >= 0.6 is 26.2 Å². The number of hydrogen-bond acceptors (Lipinski definition) is 1. The van der Waals surface area contributed by atoms with Crippen molar-refractivity contribution in [2.24, 2.45) is 0 Å². The smallest absolute Gasteiger partial charge is 0.311 e. The molecule has 1 amide bonds. The van der Waals surface area contributed by atoms with Crippen LogP contribution in [0.3, 0.4) is 0 Å². The predicted molar refractivity (Wildman–Crippen MR) is 59.8 cm³/mol. The van der Waals surface area contributed by atoms with Gasteiger partial charge in [0.1, 0.15) is 4.90 Å². The molecule has 0 aromatic heterocycles. The van der Waals surface area contributed by atoms with Gasteiger partial charge in [-0.3, -0.25) is 4.79 Å². The minimum absolute atomic E-state index is 0.201. The lowest BCUT2D eigenvalue weighted by atomic mass is 10.3. The number of anilines is 1. The Morgan fingerprint density at radius 2 is 1.76 bits per heavy atom. The molecule has 0 saturated carbocycles. The van der Waals surface area contributed by atoms with Crippen LogP contribution in [-0.4, -0.2) is 5.91 Å². The number of nitrogens with one attached hydrogen (secondary N) is 1. The summed E-state index contributed by atoms with van der Waals surface area (Å²) in [7, 11) is -9.77. The second-order valence-corrected chi connectivity index (χ2v) is 6.53. The van der Waals surface area contributed by atoms with Gasteiger partial charge in [-0.05, 0) is 34.1 Å². The van der Waals surface area contributed by atoms with Crippen LogP contribution in [0.5, 0.6) is 0 Å². The Morgan fingerprint density at radius 1 is 1.24 bits per heavy atom.